The Morgan fingerprint density at radius 1 is 1.10 bits per heavy atom. The number of nitrogens with zero attached hydrogens (tertiary/aromatic N) is 2. The average Bonchev–Trinajstić information content (AvgIpc) is 3.08. The van der Waals surface area contributed by atoms with Gasteiger partial charge in [-0.05, 0) is 98.2 Å². The lowest BCUT2D eigenvalue weighted by molar-refractivity contribution is -0.224. The fourth-order valence-corrected chi connectivity index (χ4v) is 8.83. The number of hydrogen-bond donors (Lipinski definition) is 1. The zero-order valence-electron chi connectivity index (χ0n) is 20.4. The van der Waals surface area contributed by atoms with Crippen molar-refractivity contribution in [3.8, 4) is 0 Å². The highest BCUT2D eigenvalue weighted by molar-refractivity contribution is 5.76. The monoisotopic (exact) mass is 432 g/mol. The van der Waals surface area contributed by atoms with Gasteiger partial charge in [0.15, 0.2) is 0 Å². The molecule has 4 fully saturated rings. The summed E-state index contributed by atoms with van der Waals surface area (Å²) in [6.07, 6.45) is 11.6. The van der Waals surface area contributed by atoms with Crippen LogP contribution in [0.2, 0.25) is 0 Å². The van der Waals surface area contributed by atoms with E-state index in [2.05, 4.69) is 20.8 Å². The number of rotatable bonds is 5. The summed E-state index contributed by atoms with van der Waals surface area (Å²) in [5, 5.41) is 11.6. The van der Waals surface area contributed by atoms with Crippen molar-refractivity contribution in [1.29, 1.82) is 0 Å². The molecular weight excluding hydrogens is 388 g/mol. The summed E-state index contributed by atoms with van der Waals surface area (Å²) in [5.41, 5.74) is 0.488. The maximum absolute atomic E-state index is 12.1. The Hall–Kier alpha value is -1.10. The van der Waals surface area contributed by atoms with Gasteiger partial charge in [-0.2, -0.15) is 0 Å². The number of fused-ring (bicyclic) bond motifs is 5. The van der Waals surface area contributed by atoms with Gasteiger partial charge in [-0.25, -0.2) is 5.06 Å². The van der Waals surface area contributed by atoms with Crippen LogP contribution in [0.15, 0.2) is 0 Å². The first-order valence-corrected chi connectivity index (χ1v) is 12.8. The van der Waals surface area contributed by atoms with E-state index >= 15 is 0 Å². The second-order valence-corrected chi connectivity index (χ2v) is 12.1. The normalized spacial score (nSPS) is 43.1. The quantitative estimate of drug-likeness (QED) is 0.613. The van der Waals surface area contributed by atoms with Crippen LogP contribution >= 0.6 is 0 Å². The van der Waals surface area contributed by atoms with E-state index in [1.54, 1.807) is 4.90 Å². The molecule has 2 amide bonds. The fourth-order valence-electron chi connectivity index (χ4n) is 8.83. The van der Waals surface area contributed by atoms with E-state index in [0.29, 0.717) is 30.1 Å². The molecule has 3 aliphatic carbocycles. The number of hydroxylamine groups is 2. The van der Waals surface area contributed by atoms with Crippen LogP contribution in [0.3, 0.4) is 0 Å². The van der Waals surface area contributed by atoms with Crippen LogP contribution in [-0.2, 0) is 9.59 Å². The summed E-state index contributed by atoms with van der Waals surface area (Å²) < 4.78 is 0. The zero-order valence-corrected chi connectivity index (χ0v) is 20.4. The highest BCUT2D eigenvalue weighted by atomic mass is 16.5. The Balaban J connectivity index is 1.44. The molecule has 0 aromatic rings. The van der Waals surface area contributed by atoms with Gasteiger partial charge in [0.25, 0.3) is 0 Å². The Morgan fingerprint density at radius 2 is 1.81 bits per heavy atom. The van der Waals surface area contributed by atoms with E-state index < -0.39 is 0 Å². The zero-order chi connectivity index (χ0) is 22.6. The van der Waals surface area contributed by atoms with Crippen LogP contribution < -0.4 is 0 Å². The molecular formula is C26H44N2O3. The first-order valence-electron chi connectivity index (χ1n) is 12.8. The standard InChI is InChI=1S/C26H44N2O3/c1-17(7-6-8-23(29)27(4)5)19-10-11-20-18-9-12-22-26(3,16-14-24(30)28(22)31)21(18)13-15-25(19,20)2/h17-22,31H,6-16H2,1-5H3/t17-,18+,19-,20+,21+,22+,25-,26-/m1/s1. The minimum absolute atomic E-state index is 0.0183. The molecule has 0 aromatic carbocycles. The van der Waals surface area contributed by atoms with Crippen LogP contribution in [0.5, 0.6) is 0 Å². The highest BCUT2D eigenvalue weighted by Gasteiger charge is 2.61. The molecule has 0 bridgehead atoms. The Labute approximate surface area is 188 Å². The largest absolute Gasteiger partial charge is 0.349 e. The third kappa shape index (κ3) is 3.73. The first-order chi connectivity index (χ1) is 14.6. The van der Waals surface area contributed by atoms with E-state index in [-0.39, 0.29) is 23.3 Å². The SMILES string of the molecule is C[C@H](CCCC(=O)N(C)C)[C@H]1CC[C@H]2[C@@H]3CC[C@@H]4N(O)C(=O)CC[C@]4(C)[C@H]3CC[C@]12C. The van der Waals surface area contributed by atoms with Crippen molar-refractivity contribution >= 4 is 11.8 Å². The van der Waals surface area contributed by atoms with Gasteiger partial charge in [-0.15, -0.1) is 0 Å². The van der Waals surface area contributed by atoms with Gasteiger partial charge in [-0.1, -0.05) is 20.8 Å². The summed E-state index contributed by atoms with van der Waals surface area (Å²) in [7, 11) is 3.69. The van der Waals surface area contributed by atoms with Crippen LogP contribution in [0.25, 0.3) is 0 Å². The minimum Gasteiger partial charge on any atom is -0.349 e. The summed E-state index contributed by atoms with van der Waals surface area (Å²) in [6.45, 7) is 7.37. The van der Waals surface area contributed by atoms with Crippen molar-refractivity contribution < 1.29 is 14.8 Å². The highest BCUT2D eigenvalue weighted by Crippen LogP contribution is 2.67. The minimum atomic E-state index is -0.0796. The predicted octanol–water partition coefficient (Wildman–Crippen LogP) is 5.12. The van der Waals surface area contributed by atoms with E-state index in [0.717, 1.165) is 54.9 Å². The lowest BCUT2D eigenvalue weighted by Crippen LogP contribution is -2.61. The molecule has 1 saturated heterocycles. The molecule has 31 heavy (non-hydrogen) atoms. The summed E-state index contributed by atoms with van der Waals surface area (Å²) in [4.78, 5) is 25.8. The number of carbonyl (C=O) groups excluding carboxylic acids is 2. The second-order valence-electron chi connectivity index (χ2n) is 12.1. The van der Waals surface area contributed by atoms with Gasteiger partial charge in [0.05, 0.1) is 6.04 Å². The van der Waals surface area contributed by atoms with Crippen molar-refractivity contribution in [2.24, 2.45) is 40.4 Å². The first kappa shape index (κ1) is 23.1. The third-order valence-electron chi connectivity index (χ3n) is 10.6. The molecule has 5 heteroatoms. The molecule has 4 rings (SSSR count). The van der Waals surface area contributed by atoms with Crippen LogP contribution in [-0.4, -0.2) is 47.1 Å². The molecule has 176 valence electrons. The lowest BCUT2D eigenvalue weighted by atomic mass is 9.46. The van der Waals surface area contributed by atoms with E-state index in [1.165, 1.54) is 25.7 Å². The Kier molecular flexibility index (Phi) is 6.22. The topological polar surface area (TPSA) is 60.9 Å². The van der Waals surface area contributed by atoms with E-state index in [9.17, 15) is 14.8 Å². The van der Waals surface area contributed by atoms with Crippen molar-refractivity contribution in [3.05, 3.63) is 0 Å². The van der Waals surface area contributed by atoms with Gasteiger partial charge in [0.2, 0.25) is 11.8 Å². The number of piperidine rings is 1. The molecule has 1 aliphatic heterocycles. The summed E-state index contributed by atoms with van der Waals surface area (Å²) in [6, 6.07) is 0.0183. The average molecular weight is 433 g/mol. The van der Waals surface area contributed by atoms with E-state index in [4.69, 9.17) is 0 Å². The van der Waals surface area contributed by atoms with Gasteiger partial charge in [0.1, 0.15) is 0 Å². The molecule has 8 atom stereocenters. The third-order valence-corrected chi connectivity index (χ3v) is 10.6. The van der Waals surface area contributed by atoms with Gasteiger partial charge >= 0.3 is 0 Å². The molecule has 0 unspecified atom stereocenters. The summed E-state index contributed by atoms with van der Waals surface area (Å²) in [5.74, 6) is 3.77. The summed E-state index contributed by atoms with van der Waals surface area (Å²) >= 11 is 0. The lowest BCUT2D eigenvalue weighted by Gasteiger charge is -2.61. The fraction of sp³-hybridized carbons (Fsp3) is 0.923. The number of carbonyl (C=O) groups is 2. The van der Waals surface area contributed by atoms with Crippen molar-refractivity contribution in [2.75, 3.05) is 14.1 Å². The van der Waals surface area contributed by atoms with Gasteiger partial charge < -0.3 is 4.90 Å². The predicted molar refractivity (Wildman–Crippen MR) is 121 cm³/mol. The van der Waals surface area contributed by atoms with Crippen LogP contribution in [0.4, 0.5) is 0 Å². The van der Waals surface area contributed by atoms with Crippen molar-refractivity contribution in [3.63, 3.8) is 0 Å². The maximum Gasteiger partial charge on any atom is 0.246 e. The van der Waals surface area contributed by atoms with Crippen LogP contribution in [0, 0.1) is 40.4 Å². The van der Waals surface area contributed by atoms with Crippen LogP contribution in [0.1, 0.15) is 91.4 Å². The molecule has 5 nitrogen and oxygen atoms in total. The number of hydrogen-bond acceptors (Lipinski definition) is 3. The smallest absolute Gasteiger partial charge is 0.246 e. The Morgan fingerprint density at radius 3 is 2.52 bits per heavy atom. The maximum atomic E-state index is 12.1. The van der Waals surface area contributed by atoms with Crippen molar-refractivity contribution in [2.45, 2.75) is 97.4 Å². The second kappa shape index (κ2) is 8.35. The number of amides is 2. The molecule has 3 saturated carbocycles. The van der Waals surface area contributed by atoms with E-state index in [1.807, 2.05) is 14.1 Å². The molecule has 0 spiro atoms. The van der Waals surface area contributed by atoms with Gasteiger partial charge in [0, 0.05) is 26.9 Å². The Bertz CT molecular complexity index is 709. The molecule has 1 heterocycles. The molecule has 4 aliphatic rings. The van der Waals surface area contributed by atoms with Crippen molar-refractivity contribution in [1.82, 2.24) is 9.96 Å². The molecule has 1 N–H and O–H groups in total. The molecule has 0 radical (unpaired) electrons. The van der Waals surface area contributed by atoms with Gasteiger partial charge in [-0.3, -0.25) is 14.8 Å². The molecule has 0 aromatic heterocycles.